The Morgan fingerprint density at radius 2 is 1.64 bits per heavy atom. The van der Waals surface area contributed by atoms with Gasteiger partial charge in [-0.3, -0.25) is 4.79 Å². The molecule has 1 unspecified atom stereocenters. The number of halogens is 3. The first-order valence-corrected chi connectivity index (χ1v) is 9.29. The zero-order chi connectivity index (χ0) is 18.9. The Balaban J connectivity index is 2.87. The number of amides is 1. The van der Waals surface area contributed by atoms with Crippen LogP contribution in [-0.2, 0) is 6.18 Å². The highest BCUT2D eigenvalue weighted by atomic mass is 19.4. The highest BCUT2D eigenvalue weighted by Crippen LogP contribution is 2.29. The molecule has 0 saturated carbocycles. The molecule has 0 aliphatic carbocycles. The van der Waals surface area contributed by atoms with Crippen molar-refractivity contribution in [3.63, 3.8) is 0 Å². The minimum Gasteiger partial charge on any atom is -0.338 e. The fraction of sp³-hybridized carbons (Fsp3) is 0.650. The Morgan fingerprint density at radius 3 is 2.12 bits per heavy atom. The van der Waals surface area contributed by atoms with Crippen molar-refractivity contribution in [2.75, 3.05) is 13.1 Å². The van der Waals surface area contributed by atoms with Crippen molar-refractivity contribution in [1.82, 2.24) is 4.90 Å². The Labute approximate surface area is 149 Å². The molecule has 0 saturated heterocycles. The maximum atomic E-state index is 12.8. The number of rotatable bonds is 10. The van der Waals surface area contributed by atoms with Crippen molar-refractivity contribution in [3.8, 4) is 0 Å². The molecular formula is C20H30F3NO. The van der Waals surface area contributed by atoms with E-state index < -0.39 is 11.7 Å². The van der Waals surface area contributed by atoms with E-state index in [4.69, 9.17) is 0 Å². The fourth-order valence-corrected chi connectivity index (χ4v) is 2.84. The summed E-state index contributed by atoms with van der Waals surface area (Å²) in [6.07, 6.45) is 1.84. The van der Waals surface area contributed by atoms with E-state index in [-0.39, 0.29) is 5.91 Å². The summed E-state index contributed by atoms with van der Waals surface area (Å²) in [5.41, 5.74) is -0.395. The van der Waals surface area contributed by atoms with Crippen LogP contribution in [0.5, 0.6) is 0 Å². The first kappa shape index (κ1) is 21.5. The Bertz CT molecular complexity index is 511. The van der Waals surface area contributed by atoms with Crippen LogP contribution in [0.25, 0.3) is 0 Å². The summed E-state index contributed by atoms with van der Waals surface area (Å²) in [4.78, 5) is 14.6. The average Bonchev–Trinajstić information content (AvgIpc) is 2.60. The van der Waals surface area contributed by atoms with E-state index in [1.54, 1.807) is 0 Å². The molecule has 1 aromatic rings. The van der Waals surface area contributed by atoms with Crippen LogP contribution in [0.2, 0.25) is 0 Å². The predicted octanol–water partition coefficient (Wildman–Crippen LogP) is 6.16. The summed E-state index contributed by atoms with van der Waals surface area (Å²) in [7, 11) is 0. The first-order chi connectivity index (χ1) is 11.8. The lowest BCUT2D eigenvalue weighted by Gasteiger charge is -2.27. The number of carbonyl (C=O) groups excluding carboxylic acids is 1. The molecule has 2 nitrogen and oxygen atoms in total. The van der Waals surface area contributed by atoms with Crippen LogP contribution >= 0.6 is 0 Å². The van der Waals surface area contributed by atoms with E-state index in [1.165, 1.54) is 12.1 Å². The van der Waals surface area contributed by atoms with Gasteiger partial charge in [0.2, 0.25) is 0 Å². The fourth-order valence-electron chi connectivity index (χ4n) is 2.84. The largest absolute Gasteiger partial charge is 0.416 e. The topological polar surface area (TPSA) is 20.3 Å². The van der Waals surface area contributed by atoms with Gasteiger partial charge in [-0.1, -0.05) is 46.5 Å². The highest BCUT2D eigenvalue weighted by Gasteiger charge is 2.30. The third kappa shape index (κ3) is 7.09. The van der Waals surface area contributed by atoms with Crippen LogP contribution in [0.1, 0.15) is 75.2 Å². The van der Waals surface area contributed by atoms with E-state index in [2.05, 4.69) is 20.8 Å². The van der Waals surface area contributed by atoms with Crippen LogP contribution in [0.4, 0.5) is 13.2 Å². The third-order valence-corrected chi connectivity index (χ3v) is 4.55. The van der Waals surface area contributed by atoms with E-state index in [0.29, 0.717) is 24.6 Å². The molecule has 0 aromatic heterocycles. The third-order valence-electron chi connectivity index (χ3n) is 4.55. The molecule has 25 heavy (non-hydrogen) atoms. The lowest BCUT2D eigenvalue weighted by atomic mass is 9.98. The summed E-state index contributed by atoms with van der Waals surface area (Å²) in [6, 6.07) is 4.55. The molecule has 0 N–H and O–H groups in total. The van der Waals surface area contributed by atoms with Gasteiger partial charge in [0.15, 0.2) is 0 Å². The molecule has 1 amide bonds. The second-order valence-electron chi connectivity index (χ2n) is 6.60. The second-order valence-corrected chi connectivity index (χ2v) is 6.60. The molecule has 1 rings (SSSR count). The minimum atomic E-state index is -4.38. The molecule has 0 radical (unpaired) electrons. The summed E-state index contributed by atoms with van der Waals surface area (Å²) in [6.45, 7) is 7.67. The molecule has 0 aliphatic heterocycles. The summed E-state index contributed by atoms with van der Waals surface area (Å²) in [5, 5.41) is 0. The molecule has 0 spiro atoms. The number of nitrogens with zero attached hydrogens (tertiary/aromatic N) is 1. The van der Waals surface area contributed by atoms with Gasteiger partial charge in [0.1, 0.15) is 0 Å². The van der Waals surface area contributed by atoms with Crippen LogP contribution in [0.15, 0.2) is 24.3 Å². The minimum absolute atomic E-state index is 0.169. The van der Waals surface area contributed by atoms with Gasteiger partial charge < -0.3 is 4.90 Å². The number of hydrogen-bond donors (Lipinski definition) is 0. The van der Waals surface area contributed by atoms with E-state index in [1.807, 2.05) is 4.90 Å². The van der Waals surface area contributed by atoms with Crippen LogP contribution < -0.4 is 0 Å². The van der Waals surface area contributed by atoms with Crippen LogP contribution in [-0.4, -0.2) is 23.9 Å². The van der Waals surface area contributed by atoms with E-state index in [0.717, 1.165) is 50.7 Å². The van der Waals surface area contributed by atoms with Gasteiger partial charge >= 0.3 is 6.18 Å². The first-order valence-electron chi connectivity index (χ1n) is 9.29. The standard InChI is InChI=1S/C20H30F3NO/c1-4-7-9-16(6-3)15-24(14-8-5-2)19(25)17-10-12-18(13-11-17)20(21,22)23/h10-13,16H,4-9,14-15H2,1-3H3. The lowest BCUT2D eigenvalue weighted by molar-refractivity contribution is -0.137. The molecular weight excluding hydrogens is 327 g/mol. The second kappa shape index (κ2) is 10.5. The van der Waals surface area contributed by atoms with Crippen LogP contribution in [0.3, 0.4) is 0 Å². The number of carbonyl (C=O) groups is 1. The SMILES string of the molecule is CCCCC(CC)CN(CCCC)C(=O)c1ccc(C(F)(F)F)cc1. The van der Waals surface area contributed by atoms with Crippen molar-refractivity contribution in [2.24, 2.45) is 5.92 Å². The van der Waals surface area contributed by atoms with Crippen molar-refractivity contribution < 1.29 is 18.0 Å². The quantitative estimate of drug-likeness (QED) is 0.491. The van der Waals surface area contributed by atoms with Crippen LogP contribution in [0, 0.1) is 5.92 Å². The molecule has 0 heterocycles. The Hall–Kier alpha value is -1.52. The molecule has 5 heteroatoms. The Morgan fingerprint density at radius 1 is 1.04 bits per heavy atom. The predicted molar refractivity (Wildman–Crippen MR) is 95.6 cm³/mol. The van der Waals surface area contributed by atoms with Crippen molar-refractivity contribution >= 4 is 5.91 Å². The molecule has 0 bridgehead atoms. The highest BCUT2D eigenvalue weighted by molar-refractivity contribution is 5.94. The van der Waals surface area contributed by atoms with Crippen molar-refractivity contribution in [2.45, 2.75) is 65.5 Å². The number of benzene rings is 1. The zero-order valence-electron chi connectivity index (χ0n) is 15.5. The molecule has 0 fully saturated rings. The molecule has 142 valence electrons. The number of unbranched alkanes of at least 4 members (excludes halogenated alkanes) is 2. The van der Waals surface area contributed by atoms with Gasteiger partial charge in [-0.25, -0.2) is 0 Å². The lowest BCUT2D eigenvalue weighted by Crippen LogP contribution is -2.36. The normalized spacial score (nSPS) is 12.9. The average molecular weight is 357 g/mol. The maximum absolute atomic E-state index is 12.8. The van der Waals surface area contributed by atoms with E-state index in [9.17, 15) is 18.0 Å². The maximum Gasteiger partial charge on any atom is 0.416 e. The van der Waals surface area contributed by atoms with Gasteiger partial charge in [0, 0.05) is 18.7 Å². The monoisotopic (exact) mass is 357 g/mol. The van der Waals surface area contributed by atoms with Gasteiger partial charge in [-0.15, -0.1) is 0 Å². The van der Waals surface area contributed by atoms with E-state index >= 15 is 0 Å². The summed E-state index contributed by atoms with van der Waals surface area (Å²) >= 11 is 0. The molecule has 1 aromatic carbocycles. The zero-order valence-corrected chi connectivity index (χ0v) is 15.5. The van der Waals surface area contributed by atoms with Gasteiger partial charge in [-0.05, 0) is 43.0 Å². The van der Waals surface area contributed by atoms with Crippen molar-refractivity contribution in [3.05, 3.63) is 35.4 Å². The Kier molecular flexibility index (Phi) is 9.01. The summed E-state index contributed by atoms with van der Waals surface area (Å²) < 4.78 is 38.1. The molecule has 0 aliphatic rings. The van der Waals surface area contributed by atoms with Gasteiger partial charge in [-0.2, -0.15) is 13.2 Å². The summed E-state index contributed by atoms with van der Waals surface area (Å²) in [5.74, 6) is 0.271. The number of alkyl halides is 3. The molecule has 1 atom stereocenters. The van der Waals surface area contributed by atoms with Gasteiger partial charge in [0.25, 0.3) is 5.91 Å². The van der Waals surface area contributed by atoms with Crippen molar-refractivity contribution in [1.29, 1.82) is 0 Å². The van der Waals surface area contributed by atoms with Gasteiger partial charge in [0.05, 0.1) is 5.56 Å². The smallest absolute Gasteiger partial charge is 0.338 e. The number of hydrogen-bond acceptors (Lipinski definition) is 1.